The van der Waals surface area contributed by atoms with Gasteiger partial charge >= 0.3 is 0 Å². The number of hydrogen-bond acceptors (Lipinski definition) is 3. The van der Waals surface area contributed by atoms with Gasteiger partial charge in [-0.2, -0.15) is 0 Å². The SMILES string of the molecule is O=C(COCC1CC1)Nc1cc(Br)c2cc[nH]c2n1. The molecule has 2 N–H and O–H groups in total. The van der Waals surface area contributed by atoms with Crippen LogP contribution >= 0.6 is 15.9 Å². The van der Waals surface area contributed by atoms with Crippen LogP contribution in [0.25, 0.3) is 11.0 Å². The summed E-state index contributed by atoms with van der Waals surface area (Å²) >= 11 is 3.45. The Morgan fingerprint density at radius 2 is 2.42 bits per heavy atom. The first-order valence-electron chi connectivity index (χ1n) is 6.23. The van der Waals surface area contributed by atoms with E-state index in [0.717, 1.165) is 15.5 Å². The molecule has 0 spiro atoms. The van der Waals surface area contributed by atoms with Gasteiger partial charge in [0.2, 0.25) is 0 Å². The lowest BCUT2D eigenvalue weighted by atomic mass is 10.3. The summed E-state index contributed by atoms with van der Waals surface area (Å²) in [5, 5.41) is 3.72. The summed E-state index contributed by atoms with van der Waals surface area (Å²) in [6.45, 7) is 0.763. The Kier molecular flexibility index (Phi) is 3.52. The van der Waals surface area contributed by atoms with Crippen LogP contribution in [0.4, 0.5) is 5.82 Å². The molecule has 1 aliphatic rings. The molecule has 5 nitrogen and oxygen atoms in total. The molecule has 6 heteroatoms. The zero-order valence-corrected chi connectivity index (χ0v) is 11.9. The van der Waals surface area contributed by atoms with Crippen molar-refractivity contribution in [1.29, 1.82) is 0 Å². The predicted molar refractivity (Wildman–Crippen MR) is 76.0 cm³/mol. The third-order valence-electron chi connectivity index (χ3n) is 3.03. The molecule has 0 aliphatic heterocycles. The number of nitrogens with one attached hydrogen (secondary N) is 2. The molecule has 19 heavy (non-hydrogen) atoms. The van der Waals surface area contributed by atoms with Gasteiger partial charge in [0.05, 0.1) is 6.61 Å². The van der Waals surface area contributed by atoms with Crippen molar-refractivity contribution in [3.05, 3.63) is 22.8 Å². The van der Waals surface area contributed by atoms with Crippen molar-refractivity contribution in [2.24, 2.45) is 5.92 Å². The Morgan fingerprint density at radius 3 is 3.21 bits per heavy atom. The summed E-state index contributed by atoms with van der Waals surface area (Å²) in [7, 11) is 0. The fourth-order valence-corrected chi connectivity index (χ4v) is 2.38. The van der Waals surface area contributed by atoms with Gasteiger partial charge in [0.1, 0.15) is 18.1 Å². The summed E-state index contributed by atoms with van der Waals surface area (Å²) in [6.07, 6.45) is 4.26. The van der Waals surface area contributed by atoms with Crippen molar-refractivity contribution >= 4 is 38.7 Å². The highest BCUT2D eigenvalue weighted by atomic mass is 79.9. The summed E-state index contributed by atoms with van der Waals surface area (Å²) in [4.78, 5) is 19.0. The first-order valence-corrected chi connectivity index (χ1v) is 7.03. The highest BCUT2D eigenvalue weighted by Crippen LogP contribution is 2.28. The number of fused-ring (bicyclic) bond motifs is 1. The predicted octanol–water partition coefficient (Wildman–Crippen LogP) is 2.69. The van der Waals surface area contributed by atoms with Crippen molar-refractivity contribution in [1.82, 2.24) is 9.97 Å². The van der Waals surface area contributed by atoms with Gasteiger partial charge < -0.3 is 15.0 Å². The van der Waals surface area contributed by atoms with Crippen molar-refractivity contribution in [2.45, 2.75) is 12.8 Å². The van der Waals surface area contributed by atoms with Crippen molar-refractivity contribution < 1.29 is 9.53 Å². The molecule has 2 aromatic rings. The van der Waals surface area contributed by atoms with Crippen LogP contribution in [0, 0.1) is 5.92 Å². The highest BCUT2D eigenvalue weighted by molar-refractivity contribution is 9.10. The van der Waals surface area contributed by atoms with Gasteiger partial charge in [0.25, 0.3) is 5.91 Å². The van der Waals surface area contributed by atoms with Crippen molar-refractivity contribution in [2.75, 3.05) is 18.5 Å². The summed E-state index contributed by atoms with van der Waals surface area (Å²) in [6, 6.07) is 3.71. The van der Waals surface area contributed by atoms with Crippen LogP contribution in [0.2, 0.25) is 0 Å². The van der Waals surface area contributed by atoms with Crippen LogP contribution in [0.1, 0.15) is 12.8 Å². The van der Waals surface area contributed by atoms with E-state index < -0.39 is 0 Å². The number of aromatic amines is 1. The number of halogens is 1. The lowest BCUT2D eigenvalue weighted by molar-refractivity contribution is -0.120. The molecule has 0 bridgehead atoms. The van der Waals surface area contributed by atoms with Crippen LogP contribution in [0.15, 0.2) is 22.8 Å². The molecule has 0 saturated heterocycles. The largest absolute Gasteiger partial charge is 0.371 e. The lowest BCUT2D eigenvalue weighted by Crippen LogP contribution is -2.19. The van der Waals surface area contributed by atoms with E-state index >= 15 is 0 Å². The number of amides is 1. The zero-order valence-electron chi connectivity index (χ0n) is 10.3. The van der Waals surface area contributed by atoms with E-state index in [1.165, 1.54) is 12.8 Å². The van der Waals surface area contributed by atoms with E-state index in [2.05, 4.69) is 31.2 Å². The van der Waals surface area contributed by atoms with Crippen LogP contribution in [-0.2, 0) is 9.53 Å². The Balaban J connectivity index is 1.61. The average molecular weight is 324 g/mol. The number of nitrogens with zero attached hydrogens (tertiary/aromatic N) is 1. The minimum atomic E-state index is -0.175. The smallest absolute Gasteiger partial charge is 0.251 e. The molecule has 3 rings (SSSR count). The van der Waals surface area contributed by atoms with Crippen LogP contribution in [0.5, 0.6) is 0 Å². The van der Waals surface area contributed by atoms with Gasteiger partial charge in [-0.15, -0.1) is 0 Å². The normalized spacial score (nSPS) is 14.8. The molecule has 0 atom stereocenters. The van der Waals surface area contributed by atoms with E-state index in [1.54, 1.807) is 6.07 Å². The molecular weight excluding hydrogens is 310 g/mol. The van der Waals surface area contributed by atoms with Gasteiger partial charge in [-0.05, 0) is 46.8 Å². The monoisotopic (exact) mass is 323 g/mol. The molecule has 0 aromatic carbocycles. The molecular formula is C13H14BrN3O2. The molecule has 0 unspecified atom stereocenters. The molecule has 1 amide bonds. The fourth-order valence-electron chi connectivity index (χ4n) is 1.84. The minimum Gasteiger partial charge on any atom is -0.371 e. The van der Waals surface area contributed by atoms with Crippen LogP contribution in [0.3, 0.4) is 0 Å². The Morgan fingerprint density at radius 1 is 1.58 bits per heavy atom. The molecule has 2 aromatic heterocycles. The second-order valence-electron chi connectivity index (χ2n) is 4.74. The molecule has 1 aliphatic carbocycles. The van der Waals surface area contributed by atoms with E-state index in [1.807, 2.05) is 12.3 Å². The van der Waals surface area contributed by atoms with Crippen molar-refractivity contribution in [3.8, 4) is 0 Å². The molecule has 1 fully saturated rings. The molecule has 100 valence electrons. The van der Waals surface area contributed by atoms with Gasteiger partial charge in [-0.25, -0.2) is 4.98 Å². The molecule has 0 radical (unpaired) electrons. The number of H-pyrrole nitrogens is 1. The topological polar surface area (TPSA) is 67.0 Å². The quantitative estimate of drug-likeness (QED) is 0.889. The zero-order chi connectivity index (χ0) is 13.2. The maximum absolute atomic E-state index is 11.7. The van der Waals surface area contributed by atoms with Crippen LogP contribution in [-0.4, -0.2) is 29.1 Å². The second kappa shape index (κ2) is 5.30. The maximum Gasteiger partial charge on any atom is 0.251 e. The highest BCUT2D eigenvalue weighted by Gasteiger charge is 2.21. The third kappa shape index (κ3) is 3.13. The first kappa shape index (κ1) is 12.6. The number of carbonyl (C=O) groups excluding carboxylic acids is 1. The maximum atomic E-state index is 11.7. The van der Waals surface area contributed by atoms with Gasteiger partial charge in [0, 0.05) is 16.1 Å². The van der Waals surface area contributed by atoms with Gasteiger partial charge in [-0.1, -0.05) is 0 Å². The number of carbonyl (C=O) groups is 1. The number of ether oxygens (including phenoxy) is 1. The average Bonchev–Trinajstić information content (AvgIpc) is 3.05. The fraction of sp³-hybridized carbons (Fsp3) is 0.385. The number of aromatic nitrogens is 2. The Bertz CT molecular complexity index is 607. The third-order valence-corrected chi connectivity index (χ3v) is 3.69. The van der Waals surface area contributed by atoms with E-state index in [-0.39, 0.29) is 12.5 Å². The van der Waals surface area contributed by atoms with E-state index in [4.69, 9.17) is 4.74 Å². The molecule has 1 saturated carbocycles. The first-order chi connectivity index (χ1) is 9.22. The summed E-state index contributed by atoms with van der Waals surface area (Å²) in [5.41, 5.74) is 0.739. The standard InChI is InChI=1S/C13H14BrN3O2/c14-10-5-11(17-13-9(10)3-4-15-13)16-12(18)7-19-6-8-1-2-8/h3-5,8H,1-2,6-7H2,(H2,15,16,17,18). The van der Waals surface area contributed by atoms with E-state index in [9.17, 15) is 4.79 Å². The van der Waals surface area contributed by atoms with Crippen LogP contribution < -0.4 is 5.32 Å². The second-order valence-corrected chi connectivity index (χ2v) is 5.59. The summed E-state index contributed by atoms with van der Waals surface area (Å²) < 4.78 is 6.23. The number of pyridine rings is 1. The Hall–Kier alpha value is -1.40. The van der Waals surface area contributed by atoms with Gasteiger partial charge in [-0.3, -0.25) is 4.79 Å². The van der Waals surface area contributed by atoms with Gasteiger partial charge in [0.15, 0.2) is 0 Å². The summed E-state index contributed by atoms with van der Waals surface area (Å²) in [5.74, 6) is 1.00. The van der Waals surface area contributed by atoms with Crippen molar-refractivity contribution in [3.63, 3.8) is 0 Å². The lowest BCUT2D eigenvalue weighted by Gasteiger charge is -2.06. The number of hydrogen-bond donors (Lipinski definition) is 2. The number of rotatable bonds is 5. The Labute approximate surface area is 118 Å². The molecule has 2 heterocycles. The van der Waals surface area contributed by atoms with E-state index in [0.29, 0.717) is 18.3 Å². The number of anilines is 1. The minimum absolute atomic E-state index is 0.0819.